The Kier molecular flexibility index (Phi) is 5.73. The molecule has 1 amide bonds. The van der Waals surface area contributed by atoms with Gasteiger partial charge in [-0.15, -0.1) is 0 Å². The Morgan fingerprint density at radius 3 is 2.52 bits per heavy atom. The molecule has 0 saturated heterocycles. The molecule has 0 spiro atoms. The highest BCUT2D eigenvalue weighted by atomic mass is 35.5. The van der Waals surface area contributed by atoms with Crippen LogP contribution in [0.25, 0.3) is 22.0 Å². The number of nitrogens with one attached hydrogen (secondary N) is 1. The van der Waals surface area contributed by atoms with E-state index in [0.717, 1.165) is 16.5 Å². The summed E-state index contributed by atoms with van der Waals surface area (Å²) in [5.41, 5.74) is 2.53. The van der Waals surface area contributed by atoms with Crippen LogP contribution in [0.2, 0.25) is 5.02 Å². The van der Waals surface area contributed by atoms with Gasteiger partial charge in [-0.25, -0.2) is 4.68 Å². The molecule has 0 saturated carbocycles. The standard InChI is InChI=1S/C24H20ClN3O3/c1-28-24(30)18-8-4-3-7-17(18)22(27-28)15-11-12-21(31-2)16(13-15)14-26-23(29)19-9-5-6-10-20(19)25/h3-13H,14H2,1-2H3,(H,26,29). The topological polar surface area (TPSA) is 73.2 Å². The zero-order valence-corrected chi connectivity index (χ0v) is 17.8. The van der Waals surface area contributed by atoms with Gasteiger partial charge in [-0.3, -0.25) is 9.59 Å². The van der Waals surface area contributed by atoms with E-state index in [4.69, 9.17) is 16.3 Å². The summed E-state index contributed by atoms with van der Waals surface area (Å²) in [6.07, 6.45) is 0. The number of amides is 1. The molecule has 1 heterocycles. The summed E-state index contributed by atoms with van der Waals surface area (Å²) in [5.74, 6) is 0.362. The fourth-order valence-electron chi connectivity index (χ4n) is 3.49. The number of nitrogens with zero attached hydrogens (tertiary/aromatic N) is 2. The monoisotopic (exact) mass is 433 g/mol. The molecule has 0 aliphatic rings. The molecule has 31 heavy (non-hydrogen) atoms. The van der Waals surface area contributed by atoms with Crippen LogP contribution in [0.1, 0.15) is 15.9 Å². The van der Waals surface area contributed by atoms with E-state index in [1.807, 2.05) is 36.4 Å². The summed E-state index contributed by atoms with van der Waals surface area (Å²) >= 11 is 6.13. The quantitative estimate of drug-likeness (QED) is 0.512. The van der Waals surface area contributed by atoms with Gasteiger partial charge in [0.05, 0.1) is 28.8 Å². The van der Waals surface area contributed by atoms with Crippen molar-refractivity contribution in [2.75, 3.05) is 7.11 Å². The number of halogens is 1. The van der Waals surface area contributed by atoms with Gasteiger partial charge in [0.1, 0.15) is 5.75 Å². The first-order valence-corrected chi connectivity index (χ1v) is 10.0. The van der Waals surface area contributed by atoms with Gasteiger partial charge in [0.15, 0.2) is 0 Å². The normalized spacial score (nSPS) is 10.8. The fourth-order valence-corrected chi connectivity index (χ4v) is 3.71. The van der Waals surface area contributed by atoms with E-state index >= 15 is 0 Å². The van der Waals surface area contributed by atoms with Gasteiger partial charge in [-0.2, -0.15) is 5.10 Å². The third-order valence-electron chi connectivity index (χ3n) is 5.07. The predicted molar refractivity (Wildman–Crippen MR) is 122 cm³/mol. The van der Waals surface area contributed by atoms with Crippen molar-refractivity contribution >= 4 is 28.3 Å². The number of rotatable bonds is 5. The van der Waals surface area contributed by atoms with Gasteiger partial charge in [-0.1, -0.05) is 41.9 Å². The van der Waals surface area contributed by atoms with Crippen LogP contribution in [0.15, 0.2) is 71.5 Å². The van der Waals surface area contributed by atoms with Crippen molar-refractivity contribution in [1.82, 2.24) is 15.1 Å². The number of carbonyl (C=O) groups excluding carboxylic acids is 1. The molecule has 1 aromatic heterocycles. The van der Waals surface area contributed by atoms with E-state index in [-0.39, 0.29) is 18.0 Å². The molecule has 0 atom stereocenters. The van der Waals surface area contributed by atoms with Crippen molar-refractivity contribution < 1.29 is 9.53 Å². The van der Waals surface area contributed by atoms with Crippen molar-refractivity contribution in [3.63, 3.8) is 0 Å². The molecule has 0 unspecified atom stereocenters. The summed E-state index contributed by atoms with van der Waals surface area (Å²) in [4.78, 5) is 25.0. The molecule has 0 bridgehead atoms. The lowest BCUT2D eigenvalue weighted by atomic mass is 10.0. The van der Waals surface area contributed by atoms with E-state index in [1.54, 1.807) is 44.5 Å². The number of ether oxygens (including phenoxy) is 1. The average Bonchev–Trinajstić information content (AvgIpc) is 2.80. The van der Waals surface area contributed by atoms with Crippen molar-refractivity contribution in [2.45, 2.75) is 6.54 Å². The Morgan fingerprint density at radius 1 is 1.06 bits per heavy atom. The number of aryl methyl sites for hydroxylation is 1. The second-order valence-corrected chi connectivity index (χ2v) is 7.42. The first kappa shape index (κ1) is 20.6. The van der Waals surface area contributed by atoms with Crippen LogP contribution in [0.3, 0.4) is 0 Å². The SMILES string of the molecule is COc1ccc(-c2nn(C)c(=O)c3ccccc23)cc1CNC(=O)c1ccccc1Cl. The Labute approximate surface area is 184 Å². The van der Waals surface area contributed by atoms with Crippen LogP contribution in [-0.2, 0) is 13.6 Å². The number of hydrogen-bond acceptors (Lipinski definition) is 4. The number of aromatic nitrogens is 2. The Morgan fingerprint density at radius 2 is 1.77 bits per heavy atom. The molecule has 6 nitrogen and oxygen atoms in total. The summed E-state index contributed by atoms with van der Waals surface area (Å²) in [5, 5.41) is 9.12. The first-order chi connectivity index (χ1) is 15.0. The first-order valence-electron chi connectivity index (χ1n) is 9.65. The lowest BCUT2D eigenvalue weighted by Crippen LogP contribution is -2.23. The molecule has 4 rings (SSSR count). The van der Waals surface area contributed by atoms with E-state index in [0.29, 0.717) is 27.4 Å². The van der Waals surface area contributed by atoms with Crippen molar-refractivity contribution in [2.24, 2.45) is 7.05 Å². The maximum Gasteiger partial charge on any atom is 0.274 e. The minimum atomic E-state index is -0.274. The Balaban J connectivity index is 1.72. The second-order valence-electron chi connectivity index (χ2n) is 7.01. The number of carbonyl (C=O) groups is 1. The van der Waals surface area contributed by atoms with E-state index in [1.165, 1.54) is 4.68 Å². The molecule has 0 fully saturated rings. The lowest BCUT2D eigenvalue weighted by Gasteiger charge is -2.14. The van der Waals surface area contributed by atoms with Crippen molar-refractivity contribution in [3.05, 3.63) is 93.2 Å². The Hall–Kier alpha value is -3.64. The van der Waals surface area contributed by atoms with E-state index in [2.05, 4.69) is 10.4 Å². The summed E-state index contributed by atoms with van der Waals surface area (Å²) in [7, 11) is 3.21. The van der Waals surface area contributed by atoms with Crippen LogP contribution in [0.5, 0.6) is 5.75 Å². The molecule has 7 heteroatoms. The van der Waals surface area contributed by atoms with Gasteiger partial charge in [0.2, 0.25) is 0 Å². The van der Waals surface area contributed by atoms with Crippen molar-refractivity contribution in [1.29, 1.82) is 0 Å². The van der Waals surface area contributed by atoms with Crippen molar-refractivity contribution in [3.8, 4) is 17.0 Å². The number of hydrogen-bond donors (Lipinski definition) is 1. The van der Waals surface area contributed by atoms with Crippen LogP contribution in [0.4, 0.5) is 0 Å². The van der Waals surface area contributed by atoms with E-state index in [9.17, 15) is 9.59 Å². The minimum absolute atomic E-state index is 0.153. The largest absolute Gasteiger partial charge is 0.496 e. The summed E-state index contributed by atoms with van der Waals surface area (Å²) in [6.45, 7) is 0.241. The highest BCUT2D eigenvalue weighted by Gasteiger charge is 2.14. The maximum absolute atomic E-state index is 12.6. The molecule has 0 aliphatic carbocycles. The smallest absolute Gasteiger partial charge is 0.274 e. The van der Waals surface area contributed by atoms with Gasteiger partial charge in [0, 0.05) is 30.1 Å². The number of methoxy groups -OCH3 is 1. The van der Waals surface area contributed by atoms with Gasteiger partial charge in [0.25, 0.3) is 11.5 Å². The number of fused-ring (bicyclic) bond motifs is 1. The van der Waals surface area contributed by atoms with Crippen LogP contribution in [-0.4, -0.2) is 22.8 Å². The molecular formula is C24H20ClN3O3. The zero-order chi connectivity index (χ0) is 22.0. The second kappa shape index (κ2) is 8.62. The van der Waals surface area contributed by atoms with Crippen LogP contribution >= 0.6 is 11.6 Å². The third kappa shape index (κ3) is 4.02. The lowest BCUT2D eigenvalue weighted by molar-refractivity contribution is 0.0951. The summed E-state index contributed by atoms with van der Waals surface area (Å²) < 4.78 is 6.81. The molecule has 3 aromatic carbocycles. The molecule has 156 valence electrons. The molecule has 4 aromatic rings. The molecular weight excluding hydrogens is 414 g/mol. The molecule has 1 N–H and O–H groups in total. The molecule has 0 aliphatic heterocycles. The average molecular weight is 434 g/mol. The van der Waals surface area contributed by atoms with Gasteiger partial charge < -0.3 is 10.1 Å². The molecule has 0 radical (unpaired) electrons. The van der Waals surface area contributed by atoms with Gasteiger partial charge in [-0.05, 0) is 36.4 Å². The number of benzene rings is 3. The third-order valence-corrected chi connectivity index (χ3v) is 5.40. The maximum atomic E-state index is 12.6. The summed E-state index contributed by atoms with van der Waals surface area (Å²) in [6, 6.07) is 19.9. The van der Waals surface area contributed by atoms with Gasteiger partial charge >= 0.3 is 0 Å². The Bertz CT molecular complexity index is 1350. The van der Waals surface area contributed by atoms with E-state index < -0.39 is 0 Å². The zero-order valence-electron chi connectivity index (χ0n) is 17.1. The minimum Gasteiger partial charge on any atom is -0.496 e. The predicted octanol–water partition coefficient (Wildman–Crippen LogP) is 4.19. The van der Waals surface area contributed by atoms with Crippen LogP contribution < -0.4 is 15.6 Å². The van der Waals surface area contributed by atoms with Crippen LogP contribution in [0, 0.1) is 0 Å². The fraction of sp³-hybridized carbons (Fsp3) is 0.125. The highest BCUT2D eigenvalue weighted by Crippen LogP contribution is 2.29. The highest BCUT2D eigenvalue weighted by molar-refractivity contribution is 6.33.